The molecule has 0 saturated carbocycles. The number of aromatic nitrogens is 1. The summed E-state index contributed by atoms with van der Waals surface area (Å²) in [5, 5.41) is 5.10. The molecule has 0 aliphatic carbocycles. The topological polar surface area (TPSA) is 54.0 Å². The number of allylic oxidation sites excluding steroid dienone is 3. The number of pyridine rings is 1. The maximum absolute atomic E-state index is 12.7. The summed E-state index contributed by atoms with van der Waals surface area (Å²) >= 11 is 0. The fourth-order valence-corrected chi connectivity index (χ4v) is 1.45. The molecule has 0 bridgehead atoms. The SMILES string of the molecule is CC=CC=CC(=O)NCCNc1ncccc1C(F)(F)F. The first kappa shape index (κ1) is 16.7. The molecule has 0 spiro atoms. The number of anilines is 1. The van der Waals surface area contributed by atoms with Crippen LogP contribution in [0.15, 0.2) is 42.6 Å². The van der Waals surface area contributed by atoms with E-state index in [0.29, 0.717) is 0 Å². The van der Waals surface area contributed by atoms with E-state index in [2.05, 4.69) is 15.6 Å². The fraction of sp³-hybridized carbons (Fsp3) is 0.286. The molecule has 114 valence electrons. The molecule has 2 N–H and O–H groups in total. The number of alkyl halides is 3. The molecule has 1 heterocycles. The van der Waals surface area contributed by atoms with Crippen molar-refractivity contribution in [1.82, 2.24) is 10.3 Å². The standard InChI is InChI=1S/C14H16F3N3O/c1-2-3-4-7-12(21)18-9-10-20-13-11(14(15,16)17)6-5-8-19-13/h2-8H,9-10H2,1H3,(H,18,21)(H,19,20). The third-order valence-electron chi connectivity index (χ3n) is 2.38. The Labute approximate surface area is 120 Å². The number of halogens is 3. The monoisotopic (exact) mass is 299 g/mol. The third-order valence-corrected chi connectivity index (χ3v) is 2.38. The molecule has 4 nitrogen and oxygen atoms in total. The molecular formula is C14H16F3N3O. The normalized spacial score (nSPS) is 12.0. The molecule has 0 aromatic carbocycles. The first-order valence-electron chi connectivity index (χ1n) is 6.28. The zero-order valence-electron chi connectivity index (χ0n) is 11.4. The number of hydrogen-bond donors (Lipinski definition) is 2. The Kier molecular flexibility index (Phi) is 6.45. The number of rotatable bonds is 6. The van der Waals surface area contributed by atoms with Crippen molar-refractivity contribution < 1.29 is 18.0 Å². The molecule has 0 aliphatic heterocycles. The van der Waals surface area contributed by atoms with Gasteiger partial charge in [-0.1, -0.05) is 18.2 Å². The Bertz CT molecular complexity index is 524. The van der Waals surface area contributed by atoms with Crippen molar-refractivity contribution >= 4 is 11.7 Å². The van der Waals surface area contributed by atoms with Crippen LogP contribution in [-0.2, 0) is 11.0 Å². The van der Waals surface area contributed by atoms with Gasteiger partial charge in [-0.05, 0) is 19.1 Å². The van der Waals surface area contributed by atoms with Crippen molar-refractivity contribution in [3.05, 3.63) is 48.2 Å². The molecule has 1 aromatic rings. The Morgan fingerprint density at radius 2 is 2.10 bits per heavy atom. The molecule has 21 heavy (non-hydrogen) atoms. The number of carbonyl (C=O) groups excluding carboxylic acids is 1. The van der Waals surface area contributed by atoms with Crippen LogP contribution in [0.25, 0.3) is 0 Å². The summed E-state index contributed by atoms with van der Waals surface area (Å²) in [6.07, 6.45) is 3.18. The Balaban J connectivity index is 2.45. The van der Waals surface area contributed by atoms with E-state index in [9.17, 15) is 18.0 Å². The van der Waals surface area contributed by atoms with Crippen molar-refractivity contribution in [2.45, 2.75) is 13.1 Å². The van der Waals surface area contributed by atoms with Gasteiger partial charge in [-0.2, -0.15) is 13.2 Å². The van der Waals surface area contributed by atoms with Crippen LogP contribution in [0.5, 0.6) is 0 Å². The second kappa shape index (κ2) is 8.08. The van der Waals surface area contributed by atoms with Gasteiger partial charge in [0.25, 0.3) is 0 Å². The molecule has 0 saturated heterocycles. The van der Waals surface area contributed by atoms with Crippen molar-refractivity contribution in [1.29, 1.82) is 0 Å². The summed E-state index contributed by atoms with van der Waals surface area (Å²) in [4.78, 5) is 15.0. The van der Waals surface area contributed by atoms with E-state index >= 15 is 0 Å². The zero-order chi connectivity index (χ0) is 15.7. The van der Waals surface area contributed by atoms with Crippen molar-refractivity contribution in [2.24, 2.45) is 0 Å². The highest BCUT2D eigenvalue weighted by atomic mass is 19.4. The number of nitrogens with zero attached hydrogens (tertiary/aromatic N) is 1. The van der Waals surface area contributed by atoms with E-state index in [0.717, 1.165) is 6.07 Å². The second-order valence-corrected chi connectivity index (χ2v) is 4.00. The highest BCUT2D eigenvalue weighted by Gasteiger charge is 2.33. The maximum atomic E-state index is 12.7. The van der Waals surface area contributed by atoms with Crippen LogP contribution in [0.4, 0.5) is 19.0 Å². The molecule has 1 amide bonds. The van der Waals surface area contributed by atoms with E-state index < -0.39 is 11.7 Å². The first-order valence-corrected chi connectivity index (χ1v) is 6.28. The van der Waals surface area contributed by atoms with Crippen LogP contribution in [0.1, 0.15) is 12.5 Å². The molecule has 0 unspecified atom stereocenters. The molecule has 7 heteroatoms. The first-order chi connectivity index (χ1) is 9.95. The Morgan fingerprint density at radius 3 is 2.76 bits per heavy atom. The average Bonchev–Trinajstić information content (AvgIpc) is 2.43. The lowest BCUT2D eigenvalue weighted by Gasteiger charge is -2.13. The highest BCUT2D eigenvalue weighted by Crippen LogP contribution is 2.33. The summed E-state index contributed by atoms with van der Waals surface area (Å²) in [7, 11) is 0. The molecule has 1 rings (SSSR count). The minimum atomic E-state index is -4.46. The zero-order valence-corrected chi connectivity index (χ0v) is 11.4. The van der Waals surface area contributed by atoms with Gasteiger partial charge < -0.3 is 10.6 Å². The number of nitrogens with one attached hydrogen (secondary N) is 2. The van der Waals surface area contributed by atoms with Crippen LogP contribution in [0.2, 0.25) is 0 Å². The van der Waals surface area contributed by atoms with E-state index in [1.54, 1.807) is 18.2 Å². The molecule has 1 aromatic heterocycles. The van der Waals surface area contributed by atoms with Gasteiger partial charge in [0.1, 0.15) is 5.82 Å². The molecular weight excluding hydrogens is 283 g/mol. The third kappa shape index (κ3) is 6.11. The van der Waals surface area contributed by atoms with Gasteiger partial charge in [0, 0.05) is 25.4 Å². The van der Waals surface area contributed by atoms with Crippen LogP contribution in [0, 0.1) is 0 Å². The van der Waals surface area contributed by atoms with Crippen LogP contribution in [0.3, 0.4) is 0 Å². The minimum absolute atomic E-state index is 0.142. The summed E-state index contributed by atoms with van der Waals surface area (Å²) in [5.41, 5.74) is -0.829. The van der Waals surface area contributed by atoms with Gasteiger partial charge >= 0.3 is 6.18 Å². The lowest BCUT2D eigenvalue weighted by molar-refractivity contribution is -0.137. The van der Waals surface area contributed by atoms with E-state index in [4.69, 9.17) is 0 Å². The summed E-state index contributed by atoms with van der Waals surface area (Å²) in [6, 6.07) is 2.18. The number of hydrogen-bond acceptors (Lipinski definition) is 3. The van der Waals surface area contributed by atoms with Crippen molar-refractivity contribution in [3.63, 3.8) is 0 Å². The predicted molar refractivity (Wildman–Crippen MR) is 74.7 cm³/mol. The molecule has 0 atom stereocenters. The maximum Gasteiger partial charge on any atom is 0.419 e. The molecule has 0 aliphatic rings. The predicted octanol–water partition coefficient (Wildman–Crippen LogP) is 2.76. The lowest BCUT2D eigenvalue weighted by atomic mass is 10.2. The highest BCUT2D eigenvalue weighted by molar-refractivity contribution is 5.87. The summed E-state index contributed by atoms with van der Waals surface area (Å²) in [6.45, 7) is 2.15. The smallest absolute Gasteiger partial charge is 0.368 e. The number of amides is 1. The fourth-order valence-electron chi connectivity index (χ4n) is 1.45. The minimum Gasteiger partial charge on any atom is -0.368 e. The molecule has 0 fully saturated rings. The largest absolute Gasteiger partial charge is 0.419 e. The van der Waals surface area contributed by atoms with Gasteiger partial charge in [-0.15, -0.1) is 0 Å². The van der Waals surface area contributed by atoms with Crippen LogP contribution >= 0.6 is 0 Å². The van der Waals surface area contributed by atoms with E-state index in [1.807, 2.05) is 6.92 Å². The summed E-state index contributed by atoms with van der Waals surface area (Å²) in [5.74, 6) is -0.560. The van der Waals surface area contributed by atoms with Crippen molar-refractivity contribution in [3.8, 4) is 0 Å². The lowest BCUT2D eigenvalue weighted by Crippen LogP contribution is -2.27. The van der Waals surface area contributed by atoms with Crippen LogP contribution < -0.4 is 10.6 Å². The second-order valence-electron chi connectivity index (χ2n) is 4.00. The Morgan fingerprint density at radius 1 is 1.33 bits per heavy atom. The van der Waals surface area contributed by atoms with Gasteiger partial charge in [0.15, 0.2) is 0 Å². The van der Waals surface area contributed by atoms with E-state index in [-0.39, 0.29) is 24.8 Å². The summed E-state index contributed by atoms with van der Waals surface area (Å²) < 4.78 is 38.1. The van der Waals surface area contributed by atoms with Gasteiger partial charge in [-0.25, -0.2) is 4.98 Å². The van der Waals surface area contributed by atoms with Crippen LogP contribution in [-0.4, -0.2) is 24.0 Å². The average molecular weight is 299 g/mol. The van der Waals surface area contributed by atoms with E-state index in [1.165, 1.54) is 18.3 Å². The van der Waals surface area contributed by atoms with Gasteiger partial charge in [-0.3, -0.25) is 4.79 Å². The number of carbonyl (C=O) groups is 1. The van der Waals surface area contributed by atoms with Gasteiger partial charge in [0.05, 0.1) is 5.56 Å². The van der Waals surface area contributed by atoms with Gasteiger partial charge in [0.2, 0.25) is 5.91 Å². The Hall–Kier alpha value is -2.31. The molecule has 0 radical (unpaired) electrons. The quantitative estimate of drug-likeness (QED) is 0.482. The van der Waals surface area contributed by atoms with Crippen molar-refractivity contribution in [2.75, 3.05) is 18.4 Å².